The summed E-state index contributed by atoms with van der Waals surface area (Å²) in [5, 5.41) is 0. The van der Waals surface area contributed by atoms with Gasteiger partial charge >= 0.3 is 0 Å². The topological polar surface area (TPSA) is 24.7 Å². The average molecular weight is 393 g/mol. The lowest BCUT2D eigenvalue weighted by Crippen LogP contribution is -2.02. The molecule has 148 valence electrons. The minimum atomic E-state index is 0.516. The van der Waals surface area contributed by atoms with Crippen LogP contribution in [0.25, 0.3) is 5.70 Å². The fourth-order valence-corrected chi connectivity index (χ4v) is 3.92. The second kappa shape index (κ2) is 10.5. The van der Waals surface area contributed by atoms with Crippen LogP contribution in [-0.4, -0.2) is 24.8 Å². The van der Waals surface area contributed by atoms with Gasteiger partial charge in [0.15, 0.2) is 0 Å². The fourth-order valence-electron chi connectivity index (χ4n) is 3.74. The van der Waals surface area contributed by atoms with Crippen LogP contribution in [0.5, 0.6) is 0 Å². The Morgan fingerprint density at radius 2 is 1.93 bits per heavy atom. The van der Waals surface area contributed by atoms with Gasteiger partial charge in [-0.15, -0.1) is 8.86 Å². The molecule has 2 unspecified atom stereocenters. The molecule has 0 radical (unpaired) electrons. The van der Waals surface area contributed by atoms with E-state index in [1.165, 1.54) is 34.3 Å². The monoisotopic (exact) mass is 392 g/mol. The Balaban J connectivity index is 2.44. The molecule has 0 N–H and O–H groups in total. The Morgan fingerprint density at radius 1 is 1.18 bits per heavy atom. The van der Waals surface area contributed by atoms with Crippen molar-refractivity contribution in [3.8, 4) is 0 Å². The van der Waals surface area contributed by atoms with Crippen LogP contribution in [0, 0.1) is 5.92 Å². The minimum absolute atomic E-state index is 0.516. The highest BCUT2D eigenvalue weighted by Crippen LogP contribution is 2.53. The summed E-state index contributed by atoms with van der Waals surface area (Å²) >= 11 is 0. The normalized spacial score (nSPS) is 21.4. The molecule has 0 saturated heterocycles. The van der Waals surface area contributed by atoms with Gasteiger partial charge in [-0.3, -0.25) is 9.98 Å². The lowest BCUT2D eigenvalue weighted by Gasteiger charge is -2.13. The van der Waals surface area contributed by atoms with Gasteiger partial charge in [0.1, 0.15) is 0 Å². The Hall–Kier alpha value is -2.05. The third kappa shape index (κ3) is 5.06. The molecule has 1 aliphatic rings. The van der Waals surface area contributed by atoms with Crippen molar-refractivity contribution in [2.75, 3.05) is 7.05 Å². The van der Waals surface area contributed by atoms with E-state index in [4.69, 9.17) is 4.99 Å². The van der Waals surface area contributed by atoms with Gasteiger partial charge in [-0.1, -0.05) is 43.4 Å². The highest BCUT2D eigenvalue weighted by atomic mass is 31.0. The van der Waals surface area contributed by atoms with E-state index in [2.05, 4.69) is 84.9 Å². The third-order valence-corrected chi connectivity index (χ3v) is 5.93. The molecule has 0 amide bonds. The summed E-state index contributed by atoms with van der Waals surface area (Å²) in [7, 11) is 5.42. The van der Waals surface area contributed by atoms with Crippen LogP contribution in [-0.2, 0) is 0 Å². The first kappa shape index (κ1) is 22.2. The van der Waals surface area contributed by atoms with E-state index in [9.17, 15) is 0 Å². The van der Waals surface area contributed by atoms with Crippen molar-refractivity contribution in [1.82, 2.24) is 0 Å². The SMILES string of the molecule is C\C=C(/C=N\C(=C/C)c1ccc(C=P)cc1C1CC1C(=C/C)/C(C)=N\C)CC. The first-order chi connectivity index (χ1) is 13.5. The van der Waals surface area contributed by atoms with Crippen LogP contribution in [0.15, 0.2) is 57.6 Å². The zero-order chi connectivity index (χ0) is 20.7. The van der Waals surface area contributed by atoms with Gasteiger partial charge in [-0.2, -0.15) is 0 Å². The molecule has 1 saturated carbocycles. The molecule has 28 heavy (non-hydrogen) atoms. The molecule has 3 heteroatoms. The Morgan fingerprint density at radius 3 is 2.46 bits per heavy atom. The zero-order valence-electron chi connectivity index (χ0n) is 18.1. The number of allylic oxidation sites excluding steroid dienone is 5. The molecule has 2 nitrogen and oxygen atoms in total. The Labute approximate surface area is 173 Å². The summed E-state index contributed by atoms with van der Waals surface area (Å²) in [5.74, 6) is 3.04. The minimum Gasteiger partial charge on any atom is -0.293 e. The summed E-state index contributed by atoms with van der Waals surface area (Å²) in [5.41, 5.74) is 8.60. The van der Waals surface area contributed by atoms with E-state index < -0.39 is 0 Å². The summed E-state index contributed by atoms with van der Waals surface area (Å²) in [6, 6.07) is 6.66. The maximum Gasteiger partial charge on any atom is 0.0662 e. The van der Waals surface area contributed by atoms with E-state index >= 15 is 0 Å². The average Bonchev–Trinajstić information content (AvgIpc) is 3.51. The van der Waals surface area contributed by atoms with Gasteiger partial charge in [-0.05, 0) is 80.4 Å². The van der Waals surface area contributed by atoms with E-state index in [1.807, 2.05) is 19.1 Å². The van der Waals surface area contributed by atoms with Crippen molar-refractivity contribution in [1.29, 1.82) is 0 Å². The molecule has 0 spiro atoms. The highest BCUT2D eigenvalue weighted by molar-refractivity contribution is 7.19. The second-order valence-electron chi connectivity index (χ2n) is 7.14. The van der Waals surface area contributed by atoms with Crippen molar-refractivity contribution in [3.63, 3.8) is 0 Å². The van der Waals surface area contributed by atoms with Crippen molar-refractivity contribution in [2.45, 2.75) is 53.4 Å². The summed E-state index contributed by atoms with van der Waals surface area (Å²) in [6.45, 7) is 10.5. The Bertz CT molecular complexity index is 869. The summed E-state index contributed by atoms with van der Waals surface area (Å²) < 4.78 is 0. The summed E-state index contributed by atoms with van der Waals surface area (Å²) in [6.07, 6.45) is 10.6. The van der Waals surface area contributed by atoms with Crippen molar-refractivity contribution < 1.29 is 0 Å². The molecule has 0 bridgehead atoms. The molecule has 1 aromatic carbocycles. The molecule has 1 fully saturated rings. The predicted molar refractivity (Wildman–Crippen MR) is 130 cm³/mol. The van der Waals surface area contributed by atoms with E-state index in [1.54, 1.807) is 0 Å². The fraction of sp³-hybridized carbons (Fsp3) is 0.400. The summed E-state index contributed by atoms with van der Waals surface area (Å²) in [4.78, 5) is 9.25. The van der Waals surface area contributed by atoms with Crippen LogP contribution in [0.4, 0.5) is 0 Å². The lowest BCUT2D eigenvalue weighted by atomic mass is 9.94. The van der Waals surface area contributed by atoms with Gasteiger partial charge in [0, 0.05) is 24.5 Å². The zero-order valence-corrected chi connectivity index (χ0v) is 19.1. The largest absolute Gasteiger partial charge is 0.293 e. The second-order valence-corrected chi connectivity index (χ2v) is 7.43. The van der Waals surface area contributed by atoms with Crippen molar-refractivity contribution in [2.24, 2.45) is 15.9 Å². The Kier molecular flexibility index (Phi) is 8.33. The molecule has 0 heterocycles. The molecule has 1 aromatic rings. The molecule has 2 atom stereocenters. The van der Waals surface area contributed by atoms with E-state index in [0.29, 0.717) is 11.8 Å². The predicted octanol–water partition coefficient (Wildman–Crippen LogP) is 6.91. The molecule has 0 aromatic heterocycles. The lowest BCUT2D eigenvalue weighted by molar-refractivity contribution is 0.970. The van der Waals surface area contributed by atoms with Crippen LogP contribution in [0.1, 0.15) is 70.1 Å². The third-order valence-electron chi connectivity index (χ3n) is 5.59. The van der Waals surface area contributed by atoms with Crippen molar-refractivity contribution in [3.05, 3.63) is 64.3 Å². The highest BCUT2D eigenvalue weighted by Gasteiger charge is 2.42. The molecular formula is C25H33N2P. The number of benzene rings is 1. The van der Waals surface area contributed by atoms with Crippen molar-refractivity contribution >= 4 is 32.3 Å². The van der Waals surface area contributed by atoms with Crippen LogP contribution < -0.4 is 0 Å². The number of nitrogens with zero attached hydrogens (tertiary/aromatic N) is 2. The smallest absolute Gasteiger partial charge is 0.0662 e. The number of rotatable bonds is 8. The standard InChI is InChI=1S/C25H33N2P/c1-7-18(8-2)15-27-25(10-4)21-12-11-19(16-28)13-22(21)24-14-23(24)20(9-3)17(5)26-6/h7,9-13,15-16,23-24,28H,8,14H2,1-6H3/b18-7-,20-9+,25-10-,26-17-,27-15-. The molecular weight excluding hydrogens is 359 g/mol. The number of hydrogen-bond acceptors (Lipinski definition) is 2. The van der Waals surface area contributed by atoms with Gasteiger partial charge in [0.2, 0.25) is 0 Å². The van der Waals surface area contributed by atoms with Gasteiger partial charge < -0.3 is 0 Å². The number of aliphatic imine (C=N–C) groups is 2. The van der Waals surface area contributed by atoms with E-state index in [0.717, 1.165) is 17.8 Å². The maximum absolute atomic E-state index is 4.83. The van der Waals surface area contributed by atoms with Gasteiger partial charge in [0.25, 0.3) is 0 Å². The quantitative estimate of drug-likeness (QED) is 0.339. The maximum atomic E-state index is 4.83. The first-order valence-corrected chi connectivity index (χ1v) is 10.7. The first-order valence-electron chi connectivity index (χ1n) is 10.1. The molecule has 1 aliphatic carbocycles. The van der Waals surface area contributed by atoms with Gasteiger partial charge in [0.05, 0.1) is 5.70 Å². The van der Waals surface area contributed by atoms with Gasteiger partial charge in [-0.25, -0.2) is 0 Å². The van der Waals surface area contributed by atoms with Crippen LogP contribution >= 0.6 is 8.86 Å². The van der Waals surface area contributed by atoms with Crippen LogP contribution in [0.2, 0.25) is 0 Å². The number of hydrogen-bond donors (Lipinski definition) is 0. The molecule has 0 aliphatic heterocycles. The van der Waals surface area contributed by atoms with Crippen LogP contribution in [0.3, 0.4) is 0 Å². The molecule has 2 rings (SSSR count). The van der Waals surface area contributed by atoms with E-state index in [-0.39, 0.29) is 0 Å².